The van der Waals surface area contributed by atoms with E-state index in [4.69, 9.17) is 0 Å². The van der Waals surface area contributed by atoms with Crippen LogP contribution in [0.3, 0.4) is 0 Å². The summed E-state index contributed by atoms with van der Waals surface area (Å²) in [5.41, 5.74) is 4.35. The van der Waals surface area contributed by atoms with Crippen LogP contribution in [-0.4, -0.2) is 5.16 Å². The third-order valence-electron chi connectivity index (χ3n) is 3.54. The van der Waals surface area contributed by atoms with Gasteiger partial charge in [-0.05, 0) is 61.0 Å². The highest BCUT2D eigenvalue weighted by molar-refractivity contribution is 7.78. The van der Waals surface area contributed by atoms with E-state index in [0.29, 0.717) is 0 Å². The predicted molar refractivity (Wildman–Crippen MR) is 90.8 cm³/mol. The van der Waals surface area contributed by atoms with E-state index in [1.165, 1.54) is 16.7 Å². The Bertz CT molecular complexity index is 919. The van der Waals surface area contributed by atoms with Crippen molar-refractivity contribution < 1.29 is 8.78 Å². The Labute approximate surface area is 138 Å². The summed E-state index contributed by atoms with van der Waals surface area (Å²) in [6.45, 7) is 2.08. The van der Waals surface area contributed by atoms with Crippen molar-refractivity contribution in [1.82, 2.24) is 0 Å². The monoisotopic (exact) mass is 323 g/mol. The summed E-state index contributed by atoms with van der Waals surface area (Å²) in [4.78, 5) is 3.37. The van der Waals surface area contributed by atoms with Gasteiger partial charge in [0, 0.05) is 11.1 Å². The van der Waals surface area contributed by atoms with Gasteiger partial charge in [0.05, 0.1) is 5.16 Å². The number of isothiocyanates is 1. The second kappa shape index (κ2) is 6.26. The fraction of sp³-hybridized carbons (Fsp3) is 0.105. The Balaban J connectivity index is 1.91. The summed E-state index contributed by atoms with van der Waals surface area (Å²) in [6, 6.07) is 8.20. The highest BCUT2D eigenvalue weighted by Gasteiger charge is 2.10. The second-order valence-electron chi connectivity index (χ2n) is 5.32. The van der Waals surface area contributed by atoms with Crippen LogP contribution < -0.4 is 0 Å². The first-order valence-electron chi connectivity index (χ1n) is 6.96. The molecule has 0 atom stereocenters. The zero-order valence-electron chi connectivity index (χ0n) is 12.3. The molecule has 0 saturated heterocycles. The van der Waals surface area contributed by atoms with Crippen LogP contribution in [0.15, 0.2) is 40.9 Å². The highest BCUT2D eigenvalue weighted by atomic mass is 32.1. The van der Waals surface area contributed by atoms with Gasteiger partial charge in [0.25, 0.3) is 0 Å². The Morgan fingerprint density at radius 2 is 1.74 bits per heavy atom. The van der Waals surface area contributed by atoms with Gasteiger partial charge in [-0.1, -0.05) is 29.6 Å². The van der Waals surface area contributed by atoms with Gasteiger partial charge in [0.15, 0.2) is 11.6 Å². The molecule has 0 aromatic heterocycles. The lowest BCUT2D eigenvalue weighted by Gasteiger charge is -2.00. The van der Waals surface area contributed by atoms with Gasteiger partial charge < -0.3 is 0 Å². The average molecular weight is 323 g/mol. The molecule has 1 aliphatic rings. The number of aliphatic imine (C=N–C) groups is 1. The van der Waals surface area contributed by atoms with Crippen molar-refractivity contribution in [2.24, 2.45) is 4.99 Å². The maximum absolute atomic E-state index is 13.8. The molecule has 23 heavy (non-hydrogen) atoms. The smallest absolute Gasteiger partial charge is 0.153 e. The summed E-state index contributed by atoms with van der Waals surface area (Å²) in [5, 5.41) is 1.96. The molecule has 0 heterocycles. The molecule has 0 fully saturated rings. The van der Waals surface area contributed by atoms with Crippen LogP contribution in [0.4, 0.5) is 14.5 Å². The second-order valence-corrected chi connectivity index (χ2v) is 5.51. The molecule has 0 aliphatic heterocycles. The maximum atomic E-state index is 13.8. The topological polar surface area (TPSA) is 12.4 Å². The van der Waals surface area contributed by atoms with E-state index in [9.17, 15) is 8.78 Å². The minimum atomic E-state index is -0.805. The van der Waals surface area contributed by atoms with Crippen molar-refractivity contribution in [3.63, 3.8) is 0 Å². The van der Waals surface area contributed by atoms with Crippen molar-refractivity contribution in [3.8, 4) is 11.8 Å². The zero-order chi connectivity index (χ0) is 16.4. The third kappa shape index (κ3) is 3.27. The normalized spacial score (nSPS) is 11.9. The molecule has 4 heteroatoms. The number of hydrogen-bond acceptors (Lipinski definition) is 2. The lowest BCUT2D eigenvalue weighted by molar-refractivity contribution is 0.587. The van der Waals surface area contributed by atoms with E-state index >= 15 is 0 Å². The van der Waals surface area contributed by atoms with Crippen LogP contribution >= 0.6 is 12.2 Å². The fourth-order valence-electron chi connectivity index (χ4n) is 2.53. The number of benzene rings is 2. The average Bonchev–Trinajstić information content (AvgIpc) is 2.88. The summed E-state index contributed by atoms with van der Waals surface area (Å²) >= 11 is 4.37. The molecular weight excluding hydrogens is 312 g/mol. The van der Waals surface area contributed by atoms with Crippen molar-refractivity contribution in [1.29, 1.82) is 0 Å². The first kappa shape index (κ1) is 15.3. The predicted octanol–water partition coefficient (Wildman–Crippen LogP) is 5.06. The minimum absolute atomic E-state index is 0.248. The van der Waals surface area contributed by atoms with Gasteiger partial charge in [-0.15, -0.1) is 0 Å². The Hall–Kier alpha value is -2.60. The first-order valence-corrected chi connectivity index (χ1v) is 7.36. The van der Waals surface area contributed by atoms with Crippen LogP contribution in [0.25, 0.3) is 6.08 Å². The molecular formula is C19H11F2NS. The van der Waals surface area contributed by atoms with E-state index in [2.05, 4.69) is 42.1 Å². The molecule has 0 N–H and O–H groups in total. The molecule has 0 spiro atoms. The number of nitrogens with zero attached hydrogens (tertiary/aromatic N) is 1. The molecule has 2 aromatic rings. The van der Waals surface area contributed by atoms with Gasteiger partial charge in [-0.2, -0.15) is 4.99 Å². The molecule has 2 aromatic carbocycles. The number of allylic oxidation sites excluding steroid dienone is 1. The zero-order valence-corrected chi connectivity index (χ0v) is 13.1. The molecule has 1 aliphatic carbocycles. The van der Waals surface area contributed by atoms with Gasteiger partial charge in [0.2, 0.25) is 0 Å². The Kier molecular flexibility index (Phi) is 4.16. The van der Waals surface area contributed by atoms with Gasteiger partial charge in [-0.25, -0.2) is 8.78 Å². The van der Waals surface area contributed by atoms with Crippen molar-refractivity contribution in [3.05, 3.63) is 69.8 Å². The number of thiocarbonyl (C=S) groups is 1. The van der Waals surface area contributed by atoms with Crippen molar-refractivity contribution >= 4 is 29.1 Å². The van der Waals surface area contributed by atoms with Crippen LogP contribution in [0.5, 0.6) is 0 Å². The molecule has 1 nitrogen and oxygen atoms in total. The SMILES string of the molecule is CC1=Cc2ccc(C#Cc3cc(F)c(N=C=S)c(F)c3)cc2C1. The standard InChI is InChI=1S/C19H11F2NS/c1-12-6-15-5-4-13(8-16(15)7-12)2-3-14-9-17(20)19(22-11-23)18(21)10-14/h4-6,8-10H,7H2,1H3. The summed E-state index contributed by atoms with van der Waals surface area (Å²) < 4.78 is 27.5. The molecule has 0 saturated carbocycles. The fourth-order valence-corrected chi connectivity index (χ4v) is 2.62. The number of fused-ring (bicyclic) bond motifs is 1. The lowest BCUT2D eigenvalue weighted by atomic mass is 10.1. The van der Waals surface area contributed by atoms with Gasteiger partial charge >= 0.3 is 0 Å². The van der Waals surface area contributed by atoms with E-state index in [1.807, 2.05) is 23.4 Å². The van der Waals surface area contributed by atoms with Crippen LogP contribution in [0, 0.1) is 23.5 Å². The quantitative estimate of drug-likeness (QED) is 0.406. The van der Waals surface area contributed by atoms with E-state index < -0.39 is 17.3 Å². The molecule has 0 radical (unpaired) electrons. The van der Waals surface area contributed by atoms with Crippen LogP contribution in [0.2, 0.25) is 0 Å². The molecule has 0 unspecified atom stereocenters. The largest absolute Gasteiger partial charge is 0.204 e. The highest BCUT2D eigenvalue weighted by Crippen LogP contribution is 2.25. The van der Waals surface area contributed by atoms with Crippen molar-refractivity contribution in [2.75, 3.05) is 0 Å². The molecule has 0 amide bonds. The Morgan fingerprint density at radius 1 is 1.04 bits per heavy atom. The third-order valence-corrected chi connectivity index (χ3v) is 3.63. The molecule has 0 bridgehead atoms. The van der Waals surface area contributed by atoms with Crippen molar-refractivity contribution in [2.45, 2.75) is 13.3 Å². The van der Waals surface area contributed by atoms with E-state index in [0.717, 1.165) is 24.1 Å². The van der Waals surface area contributed by atoms with Gasteiger partial charge in [-0.3, -0.25) is 0 Å². The van der Waals surface area contributed by atoms with Gasteiger partial charge in [0.1, 0.15) is 5.69 Å². The Morgan fingerprint density at radius 3 is 2.43 bits per heavy atom. The summed E-state index contributed by atoms with van der Waals surface area (Å²) in [5.74, 6) is 4.11. The molecule has 112 valence electrons. The maximum Gasteiger partial charge on any atom is 0.153 e. The minimum Gasteiger partial charge on any atom is -0.204 e. The summed E-state index contributed by atoms with van der Waals surface area (Å²) in [7, 11) is 0. The number of rotatable bonds is 1. The summed E-state index contributed by atoms with van der Waals surface area (Å²) in [6.07, 6.45) is 3.06. The number of halogens is 2. The van der Waals surface area contributed by atoms with E-state index in [1.54, 1.807) is 0 Å². The van der Waals surface area contributed by atoms with E-state index in [-0.39, 0.29) is 5.56 Å². The lowest BCUT2D eigenvalue weighted by Crippen LogP contribution is -1.87. The first-order chi connectivity index (χ1) is 11.1. The van der Waals surface area contributed by atoms with Crippen LogP contribution in [0.1, 0.15) is 29.2 Å². The molecule has 3 rings (SSSR count). The van der Waals surface area contributed by atoms with Crippen LogP contribution in [-0.2, 0) is 6.42 Å². The number of hydrogen-bond donors (Lipinski definition) is 0.